The van der Waals surface area contributed by atoms with Crippen molar-refractivity contribution >= 4 is 22.6 Å². The molecule has 0 saturated heterocycles. The molecular formula is C29H23FN4O4. The maximum Gasteiger partial charge on any atom is 0.261 e. The van der Waals surface area contributed by atoms with Crippen LogP contribution in [0.1, 0.15) is 21.6 Å². The van der Waals surface area contributed by atoms with E-state index < -0.39 is 17.2 Å². The summed E-state index contributed by atoms with van der Waals surface area (Å²) in [5.74, 6) is 0.670. The number of carbonyl (C=O) groups is 1. The summed E-state index contributed by atoms with van der Waals surface area (Å²) in [6.45, 7) is 3.45. The molecule has 1 amide bonds. The summed E-state index contributed by atoms with van der Waals surface area (Å²) in [5.41, 5.74) is 3.27. The van der Waals surface area contributed by atoms with Crippen LogP contribution in [-0.4, -0.2) is 28.0 Å². The van der Waals surface area contributed by atoms with Crippen LogP contribution in [-0.2, 0) is 0 Å². The van der Waals surface area contributed by atoms with Gasteiger partial charge in [0.25, 0.3) is 5.91 Å². The van der Waals surface area contributed by atoms with Crippen molar-refractivity contribution in [3.8, 4) is 28.4 Å². The van der Waals surface area contributed by atoms with Gasteiger partial charge in [0, 0.05) is 41.5 Å². The summed E-state index contributed by atoms with van der Waals surface area (Å²) in [6, 6.07) is 14.4. The number of rotatable bonds is 6. The molecule has 0 spiro atoms. The Balaban J connectivity index is 1.36. The second-order valence-electron chi connectivity index (χ2n) is 8.62. The van der Waals surface area contributed by atoms with Crippen LogP contribution >= 0.6 is 0 Å². The van der Waals surface area contributed by atoms with Crippen LogP contribution in [0.5, 0.6) is 17.2 Å². The molecule has 0 aliphatic carbocycles. The summed E-state index contributed by atoms with van der Waals surface area (Å²) < 4.78 is 24.8. The lowest BCUT2D eigenvalue weighted by Gasteiger charge is -2.12. The van der Waals surface area contributed by atoms with Gasteiger partial charge in [0.05, 0.1) is 18.8 Å². The molecule has 0 aliphatic heterocycles. The third-order valence-corrected chi connectivity index (χ3v) is 6.07. The number of ether oxygens (including phenoxy) is 2. The first-order chi connectivity index (χ1) is 18.3. The fraction of sp³-hybridized carbons (Fsp3) is 0.103. The van der Waals surface area contributed by atoms with Gasteiger partial charge in [0.1, 0.15) is 28.4 Å². The Hall–Kier alpha value is -5.05. The second-order valence-corrected chi connectivity index (χ2v) is 8.62. The lowest BCUT2D eigenvalue weighted by molar-refractivity contribution is 0.102. The predicted molar refractivity (Wildman–Crippen MR) is 142 cm³/mol. The molecule has 0 atom stereocenters. The number of nitrogens with one attached hydrogen (secondary N) is 2. The number of aryl methyl sites for hydroxylation is 2. The summed E-state index contributed by atoms with van der Waals surface area (Å²) in [5, 5.41) is 2.74. The molecular weight excluding hydrogens is 487 g/mol. The molecule has 5 rings (SSSR count). The van der Waals surface area contributed by atoms with E-state index >= 15 is 0 Å². The van der Waals surface area contributed by atoms with Crippen molar-refractivity contribution in [1.82, 2.24) is 15.0 Å². The maximum absolute atomic E-state index is 13.6. The van der Waals surface area contributed by atoms with Gasteiger partial charge in [0.2, 0.25) is 5.43 Å². The molecule has 3 heterocycles. The molecule has 38 heavy (non-hydrogen) atoms. The first-order valence-corrected chi connectivity index (χ1v) is 11.7. The van der Waals surface area contributed by atoms with E-state index in [0.29, 0.717) is 56.4 Å². The topological polar surface area (TPSA) is 106 Å². The highest BCUT2D eigenvalue weighted by atomic mass is 19.1. The number of anilines is 1. The minimum atomic E-state index is -0.570. The summed E-state index contributed by atoms with van der Waals surface area (Å²) in [7, 11) is 1.56. The molecule has 0 bridgehead atoms. The minimum Gasteiger partial charge on any atom is -0.495 e. The first-order valence-electron chi connectivity index (χ1n) is 11.7. The fourth-order valence-electron chi connectivity index (χ4n) is 4.14. The van der Waals surface area contributed by atoms with Gasteiger partial charge in [0.15, 0.2) is 5.75 Å². The Morgan fingerprint density at radius 1 is 1.00 bits per heavy atom. The highest BCUT2D eigenvalue weighted by molar-refractivity contribution is 6.04. The van der Waals surface area contributed by atoms with Gasteiger partial charge >= 0.3 is 0 Å². The van der Waals surface area contributed by atoms with Crippen molar-refractivity contribution in [2.45, 2.75) is 13.8 Å². The van der Waals surface area contributed by atoms with Crippen molar-refractivity contribution < 1.29 is 18.7 Å². The molecule has 0 unspecified atom stereocenters. The number of fused-ring (bicyclic) bond motifs is 1. The van der Waals surface area contributed by atoms with E-state index in [2.05, 4.69) is 20.3 Å². The van der Waals surface area contributed by atoms with Gasteiger partial charge in [-0.05, 0) is 61.4 Å². The number of aromatic nitrogens is 3. The normalized spacial score (nSPS) is 10.8. The number of hydrogen-bond acceptors (Lipinski definition) is 6. The Labute approximate surface area is 217 Å². The van der Waals surface area contributed by atoms with Crippen molar-refractivity contribution in [2.75, 3.05) is 12.4 Å². The van der Waals surface area contributed by atoms with Gasteiger partial charge in [-0.15, -0.1) is 0 Å². The minimum absolute atomic E-state index is 0.0561. The largest absolute Gasteiger partial charge is 0.495 e. The van der Waals surface area contributed by atoms with E-state index in [1.165, 1.54) is 18.3 Å². The second kappa shape index (κ2) is 10.1. The number of H-pyrrole nitrogens is 1. The summed E-state index contributed by atoms with van der Waals surface area (Å²) in [4.78, 5) is 37.9. The number of amides is 1. The van der Waals surface area contributed by atoms with Crippen LogP contribution in [0.3, 0.4) is 0 Å². The predicted octanol–water partition coefficient (Wildman–Crippen LogP) is 5.79. The SMILES string of the molecule is COc1cnc2c(Oc3ccc(NC(=O)c4c[nH]c(C)c(-c5ccc(F)cc5C)c4=O)cc3)ccnc2c1. The van der Waals surface area contributed by atoms with E-state index in [4.69, 9.17) is 9.47 Å². The van der Waals surface area contributed by atoms with Crippen molar-refractivity contribution in [3.63, 3.8) is 0 Å². The summed E-state index contributed by atoms with van der Waals surface area (Å²) in [6.07, 6.45) is 4.59. The lowest BCUT2D eigenvalue weighted by atomic mass is 9.97. The smallest absolute Gasteiger partial charge is 0.261 e. The maximum atomic E-state index is 13.6. The molecule has 190 valence electrons. The Bertz CT molecular complexity index is 1730. The highest BCUT2D eigenvalue weighted by Crippen LogP contribution is 2.30. The van der Waals surface area contributed by atoms with Crippen molar-refractivity contribution in [3.05, 3.63) is 106 Å². The lowest BCUT2D eigenvalue weighted by Crippen LogP contribution is -2.24. The zero-order chi connectivity index (χ0) is 26.8. The van der Waals surface area contributed by atoms with E-state index in [1.807, 2.05) is 0 Å². The van der Waals surface area contributed by atoms with Gasteiger partial charge < -0.3 is 19.8 Å². The molecule has 0 radical (unpaired) electrons. The van der Waals surface area contributed by atoms with Crippen LogP contribution in [0.4, 0.5) is 10.1 Å². The monoisotopic (exact) mass is 510 g/mol. The third kappa shape index (κ3) is 4.81. The van der Waals surface area contributed by atoms with Crippen molar-refractivity contribution in [2.24, 2.45) is 0 Å². The summed E-state index contributed by atoms with van der Waals surface area (Å²) >= 11 is 0. The number of halogens is 1. The van der Waals surface area contributed by atoms with Gasteiger partial charge in [-0.2, -0.15) is 0 Å². The third-order valence-electron chi connectivity index (χ3n) is 6.07. The number of pyridine rings is 3. The van der Waals surface area contributed by atoms with E-state index in [0.717, 1.165) is 0 Å². The molecule has 3 aromatic heterocycles. The van der Waals surface area contributed by atoms with Crippen LogP contribution in [0.25, 0.3) is 22.2 Å². The van der Waals surface area contributed by atoms with E-state index in [9.17, 15) is 14.0 Å². The molecule has 5 aromatic rings. The number of aromatic amines is 1. The number of methoxy groups -OCH3 is 1. The molecule has 0 fully saturated rings. The average Bonchev–Trinajstić information content (AvgIpc) is 2.90. The van der Waals surface area contributed by atoms with Crippen LogP contribution in [0, 0.1) is 19.7 Å². The Morgan fingerprint density at radius 2 is 1.79 bits per heavy atom. The Morgan fingerprint density at radius 3 is 2.53 bits per heavy atom. The molecule has 2 aromatic carbocycles. The van der Waals surface area contributed by atoms with Gasteiger partial charge in [-0.1, -0.05) is 6.07 Å². The van der Waals surface area contributed by atoms with Crippen LogP contribution < -0.4 is 20.2 Å². The van der Waals surface area contributed by atoms with Crippen LogP contribution in [0.15, 0.2) is 78.0 Å². The molecule has 9 heteroatoms. The zero-order valence-electron chi connectivity index (χ0n) is 20.8. The van der Waals surface area contributed by atoms with E-state index in [-0.39, 0.29) is 5.56 Å². The average molecular weight is 511 g/mol. The molecule has 0 aliphatic rings. The number of benzene rings is 2. The zero-order valence-corrected chi connectivity index (χ0v) is 20.8. The quantitative estimate of drug-likeness (QED) is 0.299. The molecule has 2 N–H and O–H groups in total. The first kappa shape index (κ1) is 24.6. The Kier molecular flexibility index (Phi) is 6.57. The standard InChI is InChI=1S/C29H23FN4O4/c1-16-12-18(30)4-9-22(16)26-17(2)32-15-23(28(26)35)29(36)34-19-5-7-20(8-6-19)38-25-10-11-31-24-13-21(37-3)14-33-27(24)25/h4-15H,1-3H3,(H,32,35)(H,34,36). The van der Waals surface area contributed by atoms with Gasteiger partial charge in [-0.25, -0.2) is 9.37 Å². The van der Waals surface area contributed by atoms with E-state index in [1.54, 1.807) is 75.8 Å². The van der Waals surface area contributed by atoms with Crippen molar-refractivity contribution in [1.29, 1.82) is 0 Å². The fourth-order valence-corrected chi connectivity index (χ4v) is 4.14. The number of carbonyl (C=O) groups excluding carboxylic acids is 1. The van der Waals surface area contributed by atoms with Crippen LogP contribution in [0.2, 0.25) is 0 Å². The molecule has 8 nitrogen and oxygen atoms in total. The number of hydrogen-bond donors (Lipinski definition) is 2. The van der Waals surface area contributed by atoms with Gasteiger partial charge in [-0.3, -0.25) is 14.6 Å². The highest BCUT2D eigenvalue weighted by Gasteiger charge is 2.18. The molecule has 0 saturated carbocycles. The number of nitrogens with zero attached hydrogens (tertiary/aromatic N) is 2.